The Kier molecular flexibility index (Phi) is 4.54. The molecule has 0 spiro atoms. The zero-order valence-corrected chi connectivity index (χ0v) is 15.4. The fourth-order valence-corrected chi connectivity index (χ4v) is 2.91. The van der Waals surface area contributed by atoms with E-state index in [1.54, 1.807) is 12.1 Å². The standard InChI is InChI=1S/C19H22N6O/c1-12(2)9-10-19(15-17(22-11-21-15)23-18(20)24-19)16(26)13-5-7-14(8-6-13)25(3)4/h5-9,11H,10H2,1-4H3,(H2,20,24). The van der Waals surface area contributed by atoms with Gasteiger partial charge in [-0.2, -0.15) is 4.99 Å². The van der Waals surface area contributed by atoms with Crippen molar-refractivity contribution in [2.45, 2.75) is 25.8 Å². The number of nitrogens with two attached hydrogens (primary N) is 1. The second kappa shape index (κ2) is 6.67. The summed E-state index contributed by atoms with van der Waals surface area (Å²) in [5.74, 6) is 0.233. The van der Waals surface area contributed by atoms with Gasteiger partial charge in [0.1, 0.15) is 12.1 Å². The average molecular weight is 350 g/mol. The highest BCUT2D eigenvalue weighted by molar-refractivity contribution is 6.55. The number of guanidine groups is 1. The number of carbonyl (C=O) groups is 1. The second-order valence-electron chi connectivity index (χ2n) is 6.74. The lowest BCUT2D eigenvalue weighted by molar-refractivity contribution is 0.0935. The Hall–Kier alpha value is -3.09. The molecule has 0 saturated heterocycles. The van der Waals surface area contributed by atoms with Gasteiger partial charge in [0.25, 0.3) is 0 Å². The number of rotatable bonds is 5. The van der Waals surface area contributed by atoms with Crippen molar-refractivity contribution in [1.82, 2.24) is 0 Å². The first-order valence-electron chi connectivity index (χ1n) is 8.34. The van der Waals surface area contributed by atoms with E-state index in [2.05, 4.69) is 20.0 Å². The molecule has 26 heavy (non-hydrogen) atoms. The molecule has 1 atom stereocenters. The number of Topliss-reactive ketones (excluding diaryl/α,β-unsaturated/α-hetero) is 1. The van der Waals surface area contributed by atoms with E-state index in [0.717, 1.165) is 11.3 Å². The number of hydrogen-bond acceptors (Lipinski definition) is 7. The van der Waals surface area contributed by atoms with E-state index >= 15 is 0 Å². The molecule has 1 aromatic rings. The number of aliphatic imine (C=N–C) groups is 4. The topological polar surface area (TPSA) is 95.8 Å². The van der Waals surface area contributed by atoms with Crippen LogP contribution in [-0.4, -0.2) is 49.3 Å². The fourth-order valence-electron chi connectivity index (χ4n) is 2.91. The Balaban J connectivity index is 2.08. The maximum atomic E-state index is 13.5. The normalized spacial score (nSPS) is 20.7. The van der Waals surface area contributed by atoms with Gasteiger partial charge >= 0.3 is 0 Å². The smallest absolute Gasteiger partial charge is 0.218 e. The Morgan fingerprint density at radius 3 is 2.54 bits per heavy atom. The summed E-state index contributed by atoms with van der Waals surface area (Å²) >= 11 is 0. The molecule has 0 radical (unpaired) electrons. The third kappa shape index (κ3) is 3.08. The summed E-state index contributed by atoms with van der Waals surface area (Å²) < 4.78 is 0. The van der Waals surface area contributed by atoms with E-state index < -0.39 is 5.54 Å². The molecule has 0 bridgehead atoms. The number of ketones is 1. The molecule has 2 heterocycles. The van der Waals surface area contributed by atoms with Crippen LogP contribution in [0.3, 0.4) is 0 Å². The van der Waals surface area contributed by atoms with Crippen molar-refractivity contribution in [1.29, 1.82) is 0 Å². The second-order valence-corrected chi connectivity index (χ2v) is 6.74. The van der Waals surface area contributed by atoms with Crippen molar-refractivity contribution in [3.63, 3.8) is 0 Å². The predicted molar refractivity (Wildman–Crippen MR) is 107 cm³/mol. The number of hydrogen-bond donors (Lipinski definition) is 1. The van der Waals surface area contributed by atoms with E-state index in [4.69, 9.17) is 5.73 Å². The highest BCUT2D eigenvalue weighted by atomic mass is 16.1. The Bertz CT molecular complexity index is 885. The van der Waals surface area contributed by atoms with Crippen LogP contribution in [0.2, 0.25) is 0 Å². The van der Waals surface area contributed by atoms with E-state index in [1.807, 2.05) is 51.1 Å². The van der Waals surface area contributed by atoms with Crippen molar-refractivity contribution in [2.75, 3.05) is 19.0 Å². The number of anilines is 1. The first kappa shape index (κ1) is 17.7. The van der Waals surface area contributed by atoms with Crippen LogP contribution < -0.4 is 10.6 Å². The minimum atomic E-state index is -1.24. The maximum Gasteiger partial charge on any atom is 0.218 e. The quantitative estimate of drug-likeness (QED) is 0.651. The van der Waals surface area contributed by atoms with Gasteiger partial charge in [-0.1, -0.05) is 11.6 Å². The summed E-state index contributed by atoms with van der Waals surface area (Å²) in [5, 5.41) is 0. The molecule has 0 amide bonds. The van der Waals surface area contributed by atoms with E-state index in [0.29, 0.717) is 23.5 Å². The zero-order valence-electron chi connectivity index (χ0n) is 15.4. The van der Waals surface area contributed by atoms with Crippen molar-refractivity contribution in [3.05, 3.63) is 41.5 Å². The van der Waals surface area contributed by atoms with Crippen molar-refractivity contribution < 1.29 is 4.79 Å². The maximum absolute atomic E-state index is 13.5. The lowest BCUT2D eigenvalue weighted by atomic mass is 9.80. The average Bonchev–Trinajstić information content (AvgIpc) is 3.07. The first-order chi connectivity index (χ1) is 12.3. The van der Waals surface area contributed by atoms with Gasteiger partial charge in [0, 0.05) is 31.8 Å². The summed E-state index contributed by atoms with van der Waals surface area (Å²) in [5.41, 5.74) is 7.75. The Labute approximate surface area is 152 Å². The van der Waals surface area contributed by atoms with Crippen molar-refractivity contribution in [2.24, 2.45) is 25.7 Å². The molecule has 3 rings (SSSR count). The third-order valence-electron chi connectivity index (χ3n) is 4.32. The molecule has 1 aromatic carbocycles. The number of carbonyl (C=O) groups excluding carboxylic acids is 1. The molecule has 2 aliphatic rings. The van der Waals surface area contributed by atoms with Crippen LogP contribution in [-0.2, 0) is 0 Å². The molecule has 0 aliphatic carbocycles. The molecule has 7 nitrogen and oxygen atoms in total. The largest absolute Gasteiger partial charge is 0.378 e. The van der Waals surface area contributed by atoms with Gasteiger partial charge in [-0.05, 0) is 38.1 Å². The molecular formula is C19H22N6O. The fraction of sp³-hybridized carbons (Fsp3) is 0.316. The molecule has 0 aromatic heterocycles. The Morgan fingerprint density at radius 1 is 1.23 bits per heavy atom. The summed E-state index contributed by atoms with van der Waals surface area (Å²) in [6, 6.07) is 7.41. The van der Waals surface area contributed by atoms with Gasteiger partial charge in [0.2, 0.25) is 5.96 Å². The number of allylic oxidation sites excluding steroid dienone is 1. The zero-order chi connectivity index (χ0) is 18.9. The van der Waals surface area contributed by atoms with E-state index in [9.17, 15) is 4.79 Å². The highest BCUT2D eigenvalue weighted by Gasteiger charge is 2.48. The molecule has 2 aliphatic heterocycles. The van der Waals surface area contributed by atoms with Crippen LogP contribution in [0.15, 0.2) is 55.9 Å². The molecule has 0 fully saturated rings. The first-order valence-corrected chi connectivity index (χ1v) is 8.34. The highest BCUT2D eigenvalue weighted by Crippen LogP contribution is 2.31. The number of benzene rings is 1. The number of fused-ring (bicyclic) bond motifs is 1. The molecular weight excluding hydrogens is 328 g/mol. The summed E-state index contributed by atoms with van der Waals surface area (Å²) in [7, 11) is 3.90. The van der Waals surface area contributed by atoms with E-state index in [-0.39, 0.29) is 11.7 Å². The van der Waals surface area contributed by atoms with Gasteiger partial charge in [-0.25, -0.2) is 15.0 Å². The van der Waals surface area contributed by atoms with Crippen molar-refractivity contribution in [3.8, 4) is 0 Å². The molecule has 0 saturated carbocycles. The van der Waals surface area contributed by atoms with Crippen LogP contribution >= 0.6 is 0 Å². The lowest BCUT2D eigenvalue weighted by Gasteiger charge is -2.30. The Morgan fingerprint density at radius 2 is 1.92 bits per heavy atom. The molecule has 2 N–H and O–H groups in total. The lowest BCUT2D eigenvalue weighted by Crippen LogP contribution is -2.51. The van der Waals surface area contributed by atoms with Crippen LogP contribution in [0.1, 0.15) is 30.6 Å². The third-order valence-corrected chi connectivity index (χ3v) is 4.32. The van der Waals surface area contributed by atoms with Crippen LogP contribution in [0.4, 0.5) is 5.69 Å². The minimum Gasteiger partial charge on any atom is -0.378 e. The van der Waals surface area contributed by atoms with Gasteiger partial charge in [-0.3, -0.25) is 4.79 Å². The SMILES string of the molecule is CC(C)=CCC1(C(=O)c2ccc(N(C)C)cc2)N=C(N)N=C2N=CN=C21. The number of nitrogens with zero attached hydrogens (tertiary/aromatic N) is 5. The van der Waals surface area contributed by atoms with Gasteiger partial charge in [-0.15, -0.1) is 0 Å². The minimum absolute atomic E-state index is 0.0402. The molecule has 7 heteroatoms. The predicted octanol–water partition coefficient (Wildman–Crippen LogP) is 2.24. The van der Waals surface area contributed by atoms with Crippen LogP contribution in [0.25, 0.3) is 0 Å². The van der Waals surface area contributed by atoms with Gasteiger partial charge in [0.05, 0.1) is 0 Å². The number of amidine groups is 1. The van der Waals surface area contributed by atoms with Crippen LogP contribution in [0.5, 0.6) is 0 Å². The van der Waals surface area contributed by atoms with Crippen molar-refractivity contribution >= 4 is 35.3 Å². The van der Waals surface area contributed by atoms with Crippen LogP contribution in [0, 0.1) is 0 Å². The summed E-state index contributed by atoms with van der Waals surface area (Å²) in [6.45, 7) is 3.95. The van der Waals surface area contributed by atoms with Gasteiger partial charge < -0.3 is 10.6 Å². The summed E-state index contributed by atoms with van der Waals surface area (Å²) in [6.07, 6.45) is 3.71. The molecule has 134 valence electrons. The van der Waals surface area contributed by atoms with Gasteiger partial charge in [0.15, 0.2) is 17.2 Å². The molecule has 1 unspecified atom stereocenters. The monoisotopic (exact) mass is 350 g/mol. The van der Waals surface area contributed by atoms with E-state index in [1.165, 1.54) is 6.34 Å². The summed E-state index contributed by atoms with van der Waals surface area (Å²) in [4.78, 5) is 32.5.